The Morgan fingerprint density at radius 3 is 3.19 bits per heavy atom. The highest BCUT2D eigenvalue weighted by molar-refractivity contribution is 7.09. The summed E-state index contributed by atoms with van der Waals surface area (Å²) in [7, 11) is 2.22. The molecular weight excluding hydrogens is 216 g/mol. The van der Waals surface area contributed by atoms with Crippen molar-refractivity contribution in [2.45, 2.75) is 38.3 Å². The number of nitrogens with zero attached hydrogens (tertiary/aromatic N) is 1. The highest BCUT2D eigenvalue weighted by Gasteiger charge is 2.18. The summed E-state index contributed by atoms with van der Waals surface area (Å²) in [5.41, 5.74) is 0. The summed E-state index contributed by atoms with van der Waals surface area (Å²) in [6.45, 7) is 4.76. The van der Waals surface area contributed by atoms with Crippen LogP contribution in [0.3, 0.4) is 0 Å². The van der Waals surface area contributed by atoms with E-state index in [1.807, 2.05) is 11.3 Å². The minimum atomic E-state index is 0.593. The van der Waals surface area contributed by atoms with E-state index in [0.717, 1.165) is 6.42 Å². The Hall–Kier alpha value is -0.380. The second-order valence-corrected chi connectivity index (χ2v) is 5.98. The van der Waals surface area contributed by atoms with Crippen LogP contribution in [-0.4, -0.2) is 37.1 Å². The normalized spacial score (nSPS) is 24.5. The lowest BCUT2D eigenvalue weighted by Crippen LogP contribution is -2.47. The first-order valence-corrected chi connectivity index (χ1v) is 7.09. The second kappa shape index (κ2) is 5.80. The van der Waals surface area contributed by atoms with Crippen LogP contribution in [-0.2, 0) is 6.42 Å². The maximum Gasteiger partial charge on any atom is 0.0197 e. The number of hydrogen-bond acceptors (Lipinski definition) is 3. The van der Waals surface area contributed by atoms with E-state index in [0.29, 0.717) is 12.1 Å². The fourth-order valence-electron chi connectivity index (χ4n) is 2.49. The highest BCUT2D eigenvalue weighted by Crippen LogP contribution is 2.13. The lowest BCUT2D eigenvalue weighted by Gasteiger charge is -2.32. The number of hydrogen-bond donors (Lipinski definition) is 1. The molecule has 2 unspecified atom stereocenters. The van der Waals surface area contributed by atoms with Gasteiger partial charge < -0.3 is 10.2 Å². The van der Waals surface area contributed by atoms with Crippen molar-refractivity contribution in [3.63, 3.8) is 0 Å². The average molecular weight is 238 g/mol. The molecule has 2 heterocycles. The van der Waals surface area contributed by atoms with Crippen molar-refractivity contribution in [1.29, 1.82) is 0 Å². The minimum absolute atomic E-state index is 0.593. The van der Waals surface area contributed by atoms with Gasteiger partial charge in [-0.15, -0.1) is 11.3 Å². The van der Waals surface area contributed by atoms with E-state index in [9.17, 15) is 0 Å². The zero-order chi connectivity index (χ0) is 11.4. The number of rotatable bonds is 4. The SMILES string of the molecule is CC(Cc1cccs1)NC1CCCN(C)C1. The van der Waals surface area contributed by atoms with E-state index >= 15 is 0 Å². The molecule has 1 N–H and O–H groups in total. The van der Waals surface area contributed by atoms with E-state index in [4.69, 9.17) is 0 Å². The van der Waals surface area contributed by atoms with Gasteiger partial charge in [0.1, 0.15) is 0 Å². The summed E-state index contributed by atoms with van der Waals surface area (Å²) in [5, 5.41) is 5.92. The van der Waals surface area contributed by atoms with Gasteiger partial charge in [-0.2, -0.15) is 0 Å². The molecule has 2 rings (SSSR count). The monoisotopic (exact) mass is 238 g/mol. The molecular formula is C13H22N2S. The molecule has 0 saturated carbocycles. The van der Waals surface area contributed by atoms with E-state index in [2.05, 4.69) is 41.7 Å². The molecule has 1 saturated heterocycles. The smallest absolute Gasteiger partial charge is 0.0197 e. The maximum atomic E-state index is 3.75. The van der Waals surface area contributed by atoms with Gasteiger partial charge >= 0.3 is 0 Å². The number of piperidine rings is 1. The number of thiophene rings is 1. The molecule has 90 valence electrons. The van der Waals surface area contributed by atoms with E-state index in [-0.39, 0.29) is 0 Å². The molecule has 16 heavy (non-hydrogen) atoms. The Labute approximate surface area is 103 Å². The Bertz CT molecular complexity index is 297. The van der Waals surface area contributed by atoms with Gasteiger partial charge in [-0.3, -0.25) is 0 Å². The predicted molar refractivity (Wildman–Crippen MR) is 71.1 cm³/mol. The zero-order valence-corrected chi connectivity index (χ0v) is 11.1. The molecule has 0 radical (unpaired) electrons. The van der Waals surface area contributed by atoms with Crippen LogP contribution in [0.15, 0.2) is 17.5 Å². The quantitative estimate of drug-likeness (QED) is 0.866. The van der Waals surface area contributed by atoms with Crippen LogP contribution in [0, 0.1) is 0 Å². The summed E-state index contributed by atoms with van der Waals surface area (Å²) < 4.78 is 0. The lowest BCUT2D eigenvalue weighted by atomic mass is 10.0. The van der Waals surface area contributed by atoms with Crippen LogP contribution in [0.1, 0.15) is 24.6 Å². The van der Waals surface area contributed by atoms with Gasteiger partial charge in [0.15, 0.2) is 0 Å². The Morgan fingerprint density at radius 1 is 1.62 bits per heavy atom. The van der Waals surface area contributed by atoms with E-state index in [1.165, 1.54) is 30.8 Å². The largest absolute Gasteiger partial charge is 0.310 e. The van der Waals surface area contributed by atoms with Gasteiger partial charge in [0, 0.05) is 23.5 Å². The number of nitrogens with one attached hydrogen (secondary N) is 1. The third kappa shape index (κ3) is 3.58. The summed E-state index contributed by atoms with van der Waals surface area (Å²) >= 11 is 1.86. The van der Waals surface area contributed by atoms with E-state index < -0.39 is 0 Å². The topological polar surface area (TPSA) is 15.3 Å². The fraction of sp³-hybridized carbons (Fsp3) is 0.692. The van der Waals surface area contributed by atoms with Crippen molar-refractivity contribution < 1.29 is 0 Å². The van der Waals surface area contributed by atoms with Crippen molar-refractivity contribution in [1.82, 2.24) is 10.2 Å². The third-order valence-corrected chi connectivity index (χ3v) is 4.13. The van der Waals surface area contributed by atoms with Crippen LogP contribution in [0.4, 0.5) is 0 Å². The molecule has 2 atom stereocenters. The zero-order valence-electron chi connectivity index (χ0n) is 10.3. The van der Waals surface area contributed by atoms with Crippen molar-refractivity contribution in [2.75, 3.05) is 20.1 Å². The van der Waals surface area contributed by atoms with Crippen molar-refractivity contribution in [3.8, 4) is 0 Å². The fourth-order valence-corrected chi connectivity index (χ4v) is 3.33. The van der Waals surface area contributed by atoms with Gasteiger partial charge in [0.05, 0.1) is 0 Å². The molecule has 1 aromatic rings. The first-order chi connectivity index (χ1) is 7.74. The molecule has 0 spiro atoms. The van der Waals surface area contributed by atoms with Gasteiger partial charge in [0.2, 0.25) is 0 Å². The molecule has 2 nitrogen and oxygen atoms in total. The molecule has 0 aliphatic carbocycles. The summed E-state index contributed by atoms with van der Waals surface area (Å²) in [6.07, 6.45) is 3.83. The second-order valence-electron chi connectivity index (χ2n) is 4.95. The molecule has 0 amide bonds. The Balaban J connectivity index is 1.76. The Kier molecular flexibility index (Phi) is 4.38. The Morgan fingerprint density at radius 2 is 2.50 bits per heavy atom. The third-order valence-electron chi connectivity index (χ3n) is 3.23. The van der Waals surface area contributed by atoms with Gasteiger partial charge in [-0.05, 0) is 51.2 Å². The van der Waals surface area contributed by atoms with Gasteiger partial charge in [-0.25, -0.2) is 0 Å². The molecule has 1 aromatic heterocycles. The van der Waals surface area contributed by atoms with Crippen LogP contribution in [0.25, 0.3) is 0 Å². The lowest BCUT2D eigenvalue weighted by molar-refractivity contribution is 0.218. The van der Waals surface area contributed by atoms with Crippen LogP contribution in [0.5, 0.6) is 0 Å². The summed E-state index contributed by atoms with van der Waals surface area (Å²) in [5.74, 6) is 0. The van der Waals surface area contributed by atoms with Gasteiger partial charge in [0.25, 0.3) is 0 Å². The van der Waals surface area contributed by atoms with Crippen LogP contribution < -0.4 is 5.32 Å². The van der Waals surface area contributed by atoms with Gasteiger partial charge in [-0.1, -0.05) is 6.07 Å². The standard InChI is InChI=1S/C13H22N2S/c1-11(9-13-6-4-8-16-13)14-12-5-3-7-15(2)10-12/h4,6,8,11-12,14H,3,5,7,9-10H2,1-2H3. The maximum absolute atomic E-state index is 3.75. The molecule has 0 aromatic carbocycles. The average Bonchev–Trinajstić information content (AvgIpc) is 2.70. The molecule has 1 aliphatic heterocycles. The number of likely N-dealkylation sites (N-methyl/N-ethyl adjacent to an activating group) is 1. The van der Waals surface area contributed by atoms with Crippen molar-refractivity contribution in [2.24, 2.45) is 0 Å². The predicted octanol–water partition coefficient (Wildman–Crippen LogP) is 2.36. The summed E-state index contributed by atoms with van der Waals surface area (Å²) in [4.78, 5) is 3.92. The first kappa shape index (κ1) is 12.1. The van der Waals surface area contributed by atoms with Crippen molar-refractivity contribution in [3.05, 3.63) is 22.4 Å². The molecule has 0 bridgehead atoms. The minimum Gasteiger partial charge on any atom is -0.310 e. The molecule has 3 heteroatoms. The molecule has 1 aliphatic rings. The van der Waals surface area contributed by atoms with Crippen molar-refractivity contribution >= 4 is 11.3 Å². The first-order valence-electron chi connectivity index (χ1n) is 6.21. The van der Waals surface area contributed by atoms with E-state index in [1.54, 1.807) is 0 Å². The summed E-state index contributed by atoms with van der Waals surface area (Å²) in [6, 6.07) is 5.65. The van der Waals surface area contributed by atoms with Crippen LogP contribution in [0.2, 0.25) is 0 Å². The highest BCUT2D eigenvalue weighted by atomic mass is 32.1. The molecule has 1 fully saturated rings. The number of likely N-dealkylation sites (tertiary alicyclic amines) is 1. The van der Waals surface area contributed by atoms with Crippen LogP contribution >= 0.6 is 11.3 Å².